The Hall–Kier alpha value is -3.48. The van der Waals surface area contributed by atoms with Crippen molar-refractivity contribution in [3.63, 3.8) is 0 Å². The number of hydrogen-bond donors (Lipinski definition) is 1. The number of carbonyl (C=O) groups is 1. The van der Waals surface area contributed by atoms with E-state index in [1.807, 2.05) is 49.4 Å². The molecule has 2 aromatic carbocycles. The second kappa shape index (κ2) is 7.74. The average molecular weight is 401 g/mol. The van der Waals surface area contributed by atoms with Crippen molar-refractivity contribution in [1.82, 2.24) is 19.9 Å². The smallest absolute Gasteiger partial charge is 0.230 e. The van der Waals surface area contributed by atoms with Gasteiger partial charge in [-0.25, -0.2) is 0 Å². The topological polar surface area (TPSA) is 85.8 Å². The molecule has 1 aliphatic rings. The molecule has 0 radical (unpaired) electrons. The molecular weight excluding hydrogens is 378 g/mol. The lowest BCUT2D eigenvalue weighted by atomic mass is 10.1. The molecule has 0 saturated heterocycles. The number of aryl methyl sites for hydroxylation is 2. The predicted molar refractivity (Wildman–Crippen MR) is 114 cm³/mol. The van der Waals surface area contributed by atoms with Gasteiger partial charge in [0.05, 0.1) is 6.42 Å². The van der Waals surface area contributed by atoms with Gasteiger partial charge in [-0.15, -0.1) is 10.2 Å². The molecule has 2 aromatic heterocycles. The number of nitrogens with one attached hydrogen (secondary N) is 1. The Morgan fingerprint density at radius 2 is 2.03 bits per heavy atom. The molecule has 30 heavy (non-hydrogen) atoms. The standard InChI is InChI=1S/C23H23N5O2/c1-15-10-11-16(23-26-25-21-9-3-2-6-12-28(21)23)13-18(15)24-22(29)14-19-17-7-4-5-8-20(17)30-27-19/h4-5,7-8,10-11,13H,2-3,6,9,12,14H2,1H3,(H,24,29). The van der Waals surface area contributed by atoms with E-state index in [0.717, 1.165) is 59.7 Å². The number of rotatable bonds is 4. The van der Waals surface area contributed by atoms with Gasteiger partial charge in [0, 0.05) is 29.6 Å². The van der Waals surface area contributed by atoms with Crippen LogP contribution >= 0.6 is 0 Å². The van der Waals surface area contributed by atoms with Gasteiger partial charge in [0.15, 0.2) is 11.4 Å². The molecule has 0 atom stereocenters. The van der Waals surface area contributed by atoms with Gasteiger partial charge < -0.3 is 14.4 Å². The molecule has 1 aliphatic heterocycles. The fourth-order valence-corrected chi connectivity index (χ4v) is 4.01. The lowest BCUT2D eigenvalue weighted by Crippen LogP contribution is -2.15. The fourth-order valence-electron chi connectivity index (χ4n) is 4.01. The molecule has 4 aromatic rings. The van der Waals surface area contributed by atoms with Gasteiger partial charge in [0.1, 0.15) is 11.5 Å². The Bertz CT molecular complexity index is 1220. The number of amides is 1. The lowest BCUT2D eigenvalue weighted by molar-refractivity contribution is -0.115. The molecule has 0 saturated carbocycles. The summed E-state index contributed by atoms with van der Waals surface area (Å²) < 4.78 is 7.52. The van der Waals surface area contributed by atoms with Gasteiger partial charge in [-0.3, -0.25) is 4.79 Å². The molecule has 1 N–H and O–H groups in total. The Kier molecular flexibility index (Phi) is 4.78. The molecule has 0 unspecified atom stereocenters. The lowest BCUT2D eigenvalue weighted by Gasteiger charge is -2.11. The minimum Gasteiger partial charge on any atom is -0.356 e. The van der Waals surface area contributed by atoms with E-state index >= 15 is 0 Å². The highest BCUT2D eigenvalue weighted by atomic mass is 16.5. The monoisotopic (exact) mass is 401 g/mol. The molecule has 0 spiro atoms. The van der Waals surface area contributed by atoms with Crippen molar-refractivity contribution in [3.8, 4) is 11.4 Å². The van der Waals surface area contributed by atoms with Gasteiger partial charge in [0.25, 0.3) is 0 Å². The van der Waals surface area contributed by atoms with Gasteiger partial charge >= 0.3 is 0 Å². The van der Waals surface area contributed by atoms with Gasteiger partial charge in [-0.2, -0.15) is 0 Å². The maximum atomic E-state index is 12.7. The highest BCUT2D eigenvalue weighted by molar-refractivity contribution is 5.95. The summed E-state index contributed by atoms with van der Waals surface area (Å²) in [5.74, 6) is 1.78. The van der Waals surface area contributed by atoms with Crippen LogP contribution in [-0.2, 0) is 24.2 Å². The quantitative estimate of drug-likeness (QED) is 0.551. The van der Waals surface area contributed by atoms with Crippen LogP contribution in [0.2, 0.25) is 0 Å². The van der Waals surface area contributed by atoms with Crippen LogP contribution in [0, 0.1) is 6.92 Å². The molecule has 0 aliphatic carbocycles. The second-order valence-electron chi connectivity index (χ2n) is 7.78. The van der Waals surface area contributed by atoms with Crippen LogP contribution in [0.25, 0.3) is 22.4 Å². The Morgan fingerprint density at radius 3 is 2.97 bits per heavy atom. The summed E-state index contributed by atoms with van der Waals surface area (Å²) in [6.45, 7) is 2.92. The molecule has 0 fully saturated rings. The largest absolute Gasteiger partial charge is 0.356 e. The SMILES string of the molecule is Cc1ccc(-c2nnc3n2CCCCC3)cc1NC(=O)Cc1noc2ccccc12. The third-order valence-electron chi connectivity index (χ3n) is 5.66. The summed E-state index contributed by atoms with van der Waals surface area (Å²) in [6.07, 6.45) is 4.63. The van der Waals surface area contributed by atoms with Gasteiger partial charge in [0.2, 0.25) is 5.91 Å². The first kappa shape index (κ1) is 18.5. The van der Waals surface area contributed by atoms with E-state index in [2.05, 4.69) is 25.2 Å². The van der Waals surface area contributed by atoms with E-state index in [1.54, 1.807) is 0 Å². The maximum Gasteiger partial charge on any atom is 0.230 e. The van der Waals surface area contributed by atoms with Crippen molar-refractivity contribution in [2.24, 2.45) is 0 Å². The number of carbonyl (C=O) groups excluding carboxylic acids is 1. The third kappa shape index (κ3) is 3.47. The summed E-state index contributed by atoms with van der Waals surface area (Å²) in [7, 11) is 0. The average Bonchev–Trinajstić information content (AvgIpc) is 3.26. The number of fused-ring (bicyclic) bond motifs is 2. The molecule has 152 valence electrons. The number of anilines is 1. The van der Waals surface area contributed by atoms with Gasteiger partial charge in [-0.05, 0) is 43.5 Å². The summed E-state index contributed by atoms with van der Waals surface area (Å²) in [4.78, 5) is 12.7. The van der Waals surface area contributed by atoms with Gasteiger partial charge in [-0.1, -0.05) is 35.8 Å². The first-order valence-electron chi connectivity index (χ1n) is 10.4. The maximum absolute atomic E-state index is 12.7. The molecule has 7 heteroatoms. The zero-order valence-corrected chi connectivity index (χ0v) is 16.9. The van der Waals surface area contributed by atoms with Crippen LogP contribution in [0.5, 0.6) is 0 Å². The van der Waals surface area contributed by atoms with E-state index in [9.17, 15) is 4.79 Å². The minimum atomic E-state index is -0.130. The highest BCUT2D eigenvalue weighted by Crippen LogP contribution is 2.27. The first-order chi connectivity index (χ1) is 14.7. The zero-order valence-electron chi connectivity index (χ0n) is 16.9. The Balaban J connectivity index is 1.39. The molecule has 0 bridgehead atoms. The number of hydrogen-bond acceptors (Lipinski definition) is 5. The predicted octanol–water partition coefficient (Wildman–Crippen LogP) is 4.30. The second-order valence-corrected chi connectivity index (χ2v) is 7.78. The molecule has 3 heterocycles. The van der Waals surface area contributed by atoms with Crippen molar-refractivity contribution < 1.29 is 9.32 Å². The van der Waals surface area contributed by atoms with Crippen LogP contribution < -0.4 is 5.32 Å². The highest BCUT2D eigenvalue weighted by Gasteiger charge is 2.18. The molecule has 7 nitrogen and oxygen atoms in total. The number of aromatic nitrogens is 4. The zero-order chi connectivity index (χ0) is 20.5. The normalized spacial score (nSPS) is 13.8. The van der Waals surface area contributed by atoms with E-state index in [4.69, 9.17) is 4.52 Å². The van der Waals surface area contributed by atoms with Crippen molar-refractivity contribution >= 4 is 22.6 Å². The summed E-state index contributed by atoms with van der Waals surface area (Å²) in [6, 6.07) is 13.6. The molecule has 1 amide bonds. The summed E-state index contributed by atoms with van der Waals surface area (Å²) >= 11 is 0. The van der Waals surface area contributed by atoms with E-state index in [-0.39, 0.29) is 12.3 Å². The fraction of sp³-hybridized carbons (Fsp3) is 0.304. The van der Waals surface area contributed by atoms with Crippen LogP contribution in [0.1, 0.15) is 36.3 Å². The molecule has 5 rings (SSSR count). The Morgan fingerprint density at radius 1 is 1.13 bits per heavy atom. The summed E-state index contributed by atoms with van der Waals surface area (Å²) in [5.41, 5.74) is 4.05. The van der Waals surface area contributed by atoms with E-state index in [1.165, 1.54) is 6.42 Å². The van der Waals surface area contributed by atoms with Crippen molar-refractivity contribution in [1.29, 1.82) is 0 Å². The van der Waals surface area contributed by atoms with Crippen molar-refractivity contribution in [3.05, 3.63) is 59.5 Å². The number of benzene rings is 2. The number of para-hydroxylation sites is 1. The van der Waals surface area contributed by atoms with Crippen molar-refractivity contribution in [2.45, 2.75) is 45.6 Å². The van der Waals surface area contributed by atoms with Crippen LogP contribution in [0.3, 0.4) is 0 Å². The molecular formula is C23H23N5O2. The Labute approximate surface area is 174 Å². The minimum absolute atomic E-state index is 0.130. The van der Waals surface area contributed by atoms with Crippen LogP contribution in [0.15, 0.2) is 47.0 Å². The summed E-state index contributed by atoms with van der Waals surface area (Å²) in [5, 5.41) is 16.8. The van der Waals surface area contributed by atoms with Crippen molar-refractivity contribution in [2.75, 3.05) is 5.32 Å². The van der Waals surface area contributed by atoms with Crippen LogP contribution in [-0.4, -0.2) is 25.8 Å². The van der Waals surface area contributed by atoms with E-state index in [0.29, 0.717) is 11.3 Å². The van der Waals surface area contributed by atoms with Crippen LogP contribution in [0.4, 0.5) is 5.69 Å². The third-order valence-corrected chi connectivity index (χ3v) is 5.66. The first-order valence-corrected chi connectivity index (χ1v) is 10.4. The van der Waals surface area contributed by atoms with E-state index < -0.39 is 0 Å². The number of nitrogens with zero attached hydrogens (tertiary/aromatic N) is 4.